The van der Waals surface area contributed by atoms with Gasteiger partial charge in [-0.15, -0.1) is 12.4 Å². The molecular weight excluding hydrogens is 350 g/mol. The van der Waals surface area contributed by atoms with Crippen molar-refractivity contribution in [1.82, 2.24) is 15.5 Å². The molecule has 2 saturated heterocycles. The molecule has 1 unspecified atom stereocenters. The summed E-state index contributed by atoms with van der Waals surface area (Å²) < 4.78 is 0. The predicted octanol–water partition coefficient (Wildman–Crippen LogP) is 2.49. The molecule has 0 bridgehead atoms. The Kier molecular flexibility index (Phi) is 6.50. The van der Waals surface area contributed by atoms with Crippen molar-refractivity contribution < 1.29 is 9.59 Å². The summed E-state index contributed by atoms with van der Waals surface area (Å²) in [4.78, 5) is 27.4. The average molecular weight is 384 g/mol. The van der Waals surface area contributed by atoms with Crippen molar-refractivity contribution in [2.24, 2.45) is 17.3 Å². The number of carbonyl (C=O) groups excluding carboxylic acids is 2. The molecule has 2 saturated carbocycles. The lowest BCUT2D eigenvalue weighted by atomic mass is 9.90. The second-order valence-electron chi connectivity index (χ2n) is 8.81. The van der Waals surface area contributed by atoms with E-state index in [2.05, 4.69) is 10.6 Å². The van der Waals surface area contributed by atoms with Crippen LogP contribution in [-0.2, 0) is 9.59 Å². The molecule has 0 aromatic carbocycles. The van der Waals surface area contributed by atoms with Crippen molar-refractivity contribution in [3.05, 3.63) is 0 Å². The number of nitrogens with one attached hydrogen (secondary N) is 2. The smallest absolute Gasteiger partial charge is 0.226 e. The van der Waals surface area contributed by atoms with Gasteiger partial charge < -0.3 is 15.5 Å². The van der Waals surface area contributed by atoms with E-state index in [4.69, 9.17) is 0 Å². The number of amides is 2. The van der Waals surface area contributed by atoms with Crippen LogP contribution in [0.3, 0.4) is 0 Å². The molecule has 2 amide bonds. The van der Waals surface area contributed by atoms with Crippen LogP contribution in [0.2, 0.25) is 0 Å². The molecule has 5 nitrogen and oxygen atoms in total. The third-order valence-electron chi connectivity index (χ3n) is 7.22. The SMILES string of the molecule is Cl.O=C(NC1CCCCC1)C1CCN(C(=O)C2CC23CCNCC3)CC1. The summed E-state index contributed by atoms with van der Waals surface area (Å²) in [6.07, 6.45) is 11.2. The lowest BCUT2D eigenvalue weighted by Crippen LogP contribution is -2.46. The van der Waals surface area contributed by atoms with Crippen LogP contribution in [0.5, 0.6) is 0 Å². The van der Waals surface area contributed by atoms with E-state index in [-0.39, 0.29) is 30.2 Å². The fourth-order valence-electron chi connectivity index (χ4n) is 5.32. The van der Waals surface area contributed by atoms with E-state index < -0.39 is 0 Å². The molecule has 26 heavy (non-hydrogen) atoms. The average Bonchev–Trinajstić information content (AvgIpc) is 3.35. The number of nitrogens with zero attached hydrogens (tertiary/aromatic N) is 1. The molecule has 1 spiro atoms. The molecule has 0 aromatic heterocycles. The summed E-state index contributed by atoms with van der Waals surface area (Å²) in [5, 5.41) is 6.67. The van der Waals surface area contributed by atoms with Gasteiger partial charge in [0.25, 0.3) is 0 Å². The summed E-state index contributed by atoms with van der Waals surface area (Å²) in [7, 11) is 0. The van der Waals surface area contributed by atoms with E-state index in [0.717, 1.165) is 71.1 Å². The minimum absolute atomic E-state index is 0. The summed E-state index contributed by atoms with van der Waals surface area (Å²) in [5.74, 6) is 0.980. The largest absolute Gasteiger partial charge is 0.353 e. The number of hydrogen-bond acceptors (Lipinski definition) is 3. The van der Waals surface area contributed by atoms with Crippen LogP contribution in [0.4, 0.5) is 0 Å². The van der Waals surface area contributed by atoms with Crippen molar-refractivity contribution >= 4 is 24.2 Å². The minimum atomic E-state index is 0. The Morgan fingerprint density at radius 3 is 2.27 bits per heavy atom. The van der Waals surface area contributed by atoms with Gasteiger partial charge >= 0.3 is 0 Å². The second kappa shape index (κ2) is 8.47. The minimum Gasteiger partial charge on any atom is -0.353 e. The fraction of sp³-hybridized carbons (Fsp3) is 0.900. The van der Waals surface area contributed by atoms with Gasteiger partial charge in [-0.1, -0.05) is 19.3 Å². The van der Waals surface area contributed by atoms with E-state index in [1.807, 2.05) is 4.90 Å². The molecule has 2 aliphatic heterocycles. The summed E-state index contributed by atoms with van der Waals surface area (Å²) in [6, 6.07) is 0.396. The van der Waals surface area contributed by atoms with Crippen LogP contribution in [0.25, 0.3) is 0 Å². The van der Waals surface area contributed by atoms with Crippen LogP contribution in [0.15, 0.2) is 0 Å². The van der Waals surface area contributed by atoms with Crippen LogP contribution in [0.1, 0.15) is 64.2 Å². The Morgan fingerprint density at radius 2 is 1.62 bits per heavy atom. The van der Waals surface area contributed by atoms with Gasteiger partial charge in [0.15, 0.2) is 0 Å². The quantitative estimate of drug-likeness (QED) is 0.787. The number of halogens is 1. The van der Waals surface area contributed by atoms with Crippen molar-refractivity contribution in [3.63, 3.8) is 0 Å². The molecule has 2 heterocycles. The number of carbonyl (C=O) groups is 2. The number of piperidine rings is 2. The molecule has 0 radical (unpaired) electrons. The molecule has 2 aliphatic carbocycles. The second-order valence-corrected chi connectivity index (χ2v) is 8.81. The zero-order valence-electron chi connectivity index (χ0n) is 15.8. The molecule has 4 fully saturated rings. The Hall–Kier alpha value is -0.810. The van der Waals surface area contributed by atoms with Gasteiger partial charge in [-0.25, -0.2) is 0 Å². The Bertz CT molecular complexity index is 507. The number of rotatable bonds is 3. The molecule has 4 rings (SSSR count). The highest BCUT2D eigenvalue weighted by Crippen LogP contribution is 2.59. The van der Waals surface area contributed by atoms with Gasteiger partial charge in [-0.2, -0.15) is 0 Å². The molecular formula is C20H34ClN3O2. The van der Waals surface area contributed by atoms with E-state index in [9.17, 15) is 9.59 Å². The zero-order valence-corrected chi connectivity index (χ0v) is 16.6. The zero-order chi connectivity index (χ0) is 17.3. The highest BCUT2D eigenvalue weighted by molar-refractivity contribution is 5.85. The normalized spacial score (nSPS) is 29.1. The standard InChI is InChI=1S/C20H33N3O2.ClH/c24-18(22-16-4-2-1-3-5-16)15-6-12-23(13-7-15)19(25)17-14-20(17)8-10-21-11-9-20;/h15-17,21H,1-14H2,(H,22,24);1H. The van der Waals surface area contributed by atoms with Crippen LogP contribution in [0, 0.1) is 17.3 Å². The fourth-order valence-corrected chi connectivity index (χ4v) is 5.32. The van der Waals surface area contributed by atoms with E-state index in [0.29, 0.717) is 17.4 Å². The van der Waals surface area contributed by atoms with E-state index in [1.54, 1.807) is 0 Å². The molecule has 4 aliphatic rings. The van der Waals surface area contributed by atoms with E-state index in [1.165, 1.54) is 19.3 Å². The highest BCUT2D eigenvalue weighted by atomic mass is 35.5. The van der Waals surface area contributed by atoms with Gasteiger partial charge in [0.05, 0.1) is 0 Å². The summed E-state index contributed by atoms with van der Waals surface area (Å²) in [5.41, 5.74) is 0.317. The van der Waals surface area contributed by atoms with Crippen LogP contribution >= 0.6 is 12.4 Å². The lowest BCUT2D eigenvalue weighted by Gasteiger charge is -2.34. The maximum absolute atomic E-state index is 12.8. The first kappa shape index (κ1) is 19.9. The maximum atomic E-state index is 12.8. The van der Waals surface area contributed by atoms with Gasteiger partial charge in [-0.05, 0) is 63.5 Å². The lowest BCUT2D eigenvalue weighted by molar-refractivity contribution is -0.137. The van der Waals surface area contributed by atoms with Gasteiger partial charge in [-0.3, -0.25) is 9.59 Å². The third-order valence-corrected chi connectivity index (χ3v) is 7.22. The Labute approximate surface area is 163 Å². The van der Waals surface area contributed by atoms with Gasteiger partial charge in [0, 0.05) is 31.0 Å². The molecule has 1 atom stereocenters. The van der Waals surface area contributed by atoms with Crippen LogP contribution in [-0.4, -0.2) is 48.9 Å². The first-order valence-electron chi connectivity index (χ1n) is 10.5. The monoisotopic (exact) mass is 383 g/mol. The van der Waals surface area contributed by atoms with Crippen molar-refractivity contribution in [1.29, 1.82) is 0 Å². The maximum Gasteiger partial charge on any atom is 0.226 e. The third kappa shape index (κ3) is 4.19. The van der Waals surface area contributed by atoms with Gasteiger partial charge in [0.2, 0.25) is 11.8 Å². The summed E-state index contributed by atoms with van der Waals surface area (Å²) >= 11 is 0. The Balaban J connectivity index is 0.00000196. The van der Waals surface area contributed by atoms with Crippen molar-refractivity contribution in [3.8, 4) is 0 Å². The molecule has 0 aromatic rings. The first-order valence-corrected chi connectivity index (χ1v) is 10.5. The first-order chi connectivity index (χ1) is 12.2. The summed E-state index contributed by atoms with van der Waals surface area (Å²) in [6.45, 7) is 3.67. The van der Waals surface area contributed by atoms with Gasteiger partial charge in [0.1, 0.15) is 0 Å². The predicted molar refractivity (Wildman–Crippen MR) is 104 cm³/mol. The topological polar surface area (TPSA) is 61.4 Å². The van der Waals surface area contributed by atoms with Crippen molar-refractivity contribution in [2.45, 2.75) is 70.3 Å². The Morgan fingerprint density at radius 1 is 0.962 bits per heavy atom. The van der Waals surface area contributed by atoms with E-state index >= 15 is 0 Å². The number of likely N-dealkylation sites (tertiary alicyclic amines) is 1. The molecule has 148 valence electrons. The van der Waals surface area contributed by atoms with Crippen LogP contribution < -0.4 is 10.6 Å². The highest BCUT2D eigenvalue weighted by Gasteiger charge is 2.58. The van der Waals surface area contributed by atoms with Crippen molar-refractivity contribution in [2.75, 3.05) is 26.2 Å². The molecule has 6 heteroatoms. The number of hydrogen-bond donors (Lipinski definition) is 2. The molecule has 2 N–H and O–H groups in total.